The summed E-state index contributed by atoms with van der Waals surface area (Å²) in [5, 5.41) is 0.284. The lowest BCUT2D eigenvalue weighted by Crippen LogP contribution is -2.13. The van der Waals surface area contributed by atoms with Crippen LogP contribution in [0.25, 0.3) is 10.6 Å². The molecule has 3 nitrogen and oxygen atoms in total. The second-order valence-corrected chi connectivity index (χ2v) is 5.30. The average Bonchev–Trinajstić information content (AvgIpc) is 2.84. The van der Waals surface area contributed by atoms with Crippen LogP contribution in [0.5, 0.6) is 0 Å². The number of thiazole rings is 1. The van der Waals surface area contributed by atoms with Crippen LogP contribution in [0, 0.1) is 0 Å². The second kappa shape index (κ2) is 6.03. The van der Waals surface area contributed by atoms with Crippen LogP contribution in [-0.4, -0.2) is 17.6 Å². The van der Waals surface area contributed by atoms with Crippen molar-refractivity contribution in [2.75, 3.05) is 6.61 Å². The van der Waals surface area contributed by atoms with Crippen LogP contribution >= 0.6 is 22.9 Å². The maximum Gasteiger partial charge on any atom is 0.435 e. The van der Waals surface area contributed by atoms with E-state index in [1.54, 1.807) is 12.1 Å². The first-order valence-corrected chi connectivity index (χ1v) is 7.04. The van der Waals surface area contributed by atoms with Crippen molar-refractivity contribution in [3.63, 3.8) is 0 Å². The van der Waals surface area contributed by atoms with Crippen molar-refractivity contribution in [2.45, 2.75) is 13.1 Å². The van der Waals surface area contributed by atoms with Crippen LogP contribution in [0.2, 0.25) is 5.02 Å². The lowest BCUT2D eigenvalue weighted by atomic mass is 10.2. The van der Waals surface area contributed by atoms with Crippen molar-refractivity contribution in [3.05, 3.63) is 39.9 Å². The van der Waals surface area contributed by atoms with Crippen LogP contribution in [0.1, 0.15) is 22.3 Å². The molecule has 0 radical (unpaired) electrons. The molecular formula is C13H9ClF3NO2S. The number of carbonyl (C=O) groups is 1. The molecule has 1 aromatic heterocycles. The molecule has 0 amide bonds. The standard InChI is InChI=1S/C13H9ClF3NO2S/c1-2-20-12(19)9-10(13(15,16)17)18-11(21-9)7-5-3-4-6-8(7)14/h3-6H,2H2,1H3. The molecule has 0 aliphatic heterocycles. The first kappa shape index (κ1) is 15.8. The average molecular weight is 336 g/mol. The Balaban J connectivity index is 2.56. The summed E-state index contributed by atoms with van der Waals surface area (Å²) in [6.07, 6.45) is -4.74. The maximum atomic E-state index is 13.0. The van der Waals surface area contributed by atoms with E-state index in [4.69, 9.17) is 11.6 Å². The molecule has 2 rings (SSSR count). The first-order chi connectivity index (χ1) is 9.84. The number of carbonyl (C=O) groups excluding carboxylic acids is 1. The molecule has 0 fully saturated rings. The van der Waals surface area contributed by atoms with Gasteiger partial charge in [-0.15, -0.1) is 11.3 Å². The van der Waals surface area contributed by atoms with Crippen LogP contribution in [0.4, 0.5) is 13.2 Å². The van der Waals surface area contributed by atoms with Crippen LogP contribution in [0.3, 0.4) is 0 Å². The van der Waals surface area contributed by atoms with Gasteiger partial charge in [0.05, 0.1) is 11.6 Å². The van der Waals surface area contributed by atoms with Crippen molar-refractivity contribution < 1.29 is 22.7 Å². The first-order valence-electron chi connectivity index (χ1n) is 5.84. The van der Waals surface area contributed by atoms with Gasteiger partial charge in [-0.05, 0) is 13.0 Å². The highest BCUT2D eigenvalue weighted by Gasteiger charge is 2.40. The van der Waals surface area contributed by atoms with E-state index in [0.717, 1.165) is 0 Å². The summed E-state index contributed by atoms with van der Waals surface area (Å²) in [5.74, 6) is -1.04. The molecular weight excluding hydrogens is 327 g/mol. The van der Waals surface area contributed by atoms with Gasteiger partial charge < -0.3 is 4.74 Å². The minimum atomic E-state index is -4.74. The number of hydrogen-bond acceptors (Lipinski definition) is 4. The smallest absolute Gasteiger partial charge is 0.435 e. The highest BCUT2D eigenvalue weighted by atomic mass is 35.5. The molecule has 0 unspecified atom stereocenters. The van der Waals surface area contributed by atoms with Gasteiger partial charge in [0.1, 0.15) is 9.88 Å². The summed E-state index contributed by atoms with van der Waals surface area (Å²) in [5.41, 5.74) is -0.911. The summed E-state index contributed by atoms with van der Waals surface area (Å²) in [7, 11) is 0. The van der Waals surface area contributed by atoms with E-state index in [1.807, 2.05) is 0 Å². The Morgan fingerprint density at radius 1 is 1.38 bits per heavy atom. The van der Waals surface area contributed by atoms with Gasteiger partial charge in [-0.25, -0.2) is 9.78 Å². The summed E-state index contributed by atoms with van der Waals surface area (Å²) < 4.78 is 43.6. The van der Waals surface area contributed by atoms with E-state index in [0.29, 0.717) is 16.9 Å². The number of esters is 1. The van der Waals surface area contributed by atoms with Gasteiger partial charge in [-0.1, -0.05) is 29.8 Å². The van der Waals surface area contributed by atoms with E-state index in [1.165, 1.54) is 19.1 Å². The van der Waals surface area contributed by atoms with E-state index in [9.17, 15) is 18.0 Å². The van der Waals surface area contributed by atoms with Crippen molar-refractivity contribution in [3.8, 4) is 10.6 Å². The number of halogens is 4. The van der Waals surface area contributed by atoms with E-state index in [2.05, 4.69) is 9.72 Å². The number of hydrogen-bond donors (Lipinski definition) is 0. The third-order valence-corrected chi connectivity index (χ3v) is 3.86. The molecule has 0 N–H and O–H groups in total. The topological polar surface area (TPSA) is 39.2 Å². The number of alkyl halides is 3. The minimum absolute atomic E-state index is 0.0184. The number of ether oxygens (including phenoxy) is 1. The number of aromatic nitrogens is 1. The van der Waals surface area contributed by atoms with Crippen molar-refractivity contribution in [2.24, 2.45) is 0 Å². The molecule has 0 spiro atoms. The molecule has 0 bridgehead atoms. The predicted octanol–water partition coefficient (Wildman–Crippen LogP) is 4.66. The second-order valence-electron chi connectivity index (χ2n) is 3.89. The number of benzene rings is 1. The molecule has 0 saturated heterocycles. The third kappa shape index (κ3) is 3.36. The van der Waals surface area contributed by atoms with Gasteiger partial charge in [-0.2, -0.15) is 13.2 Å². The zero-order chi connectivity index (χ0) is 15.6. The van der Waals surface area contributed by atoms with Gasteiger partial charge in [-0.3, -0.25) is 0 Å². The molecule has 1 heterocycles. The highest BCUT2D eigenvalue weighted by molar-refractivity contribution is 7.17. The largest absolute Gasteiger partial charge is 0.462 e. The number of rotatable bonds is 3. The fourth-order valence-corrected chi connectivity index (χ4v) is 2.90. The van der Waals surface area contributed by atoms with Crippen LogP contribution in [-0.2, 0) is 10.9 Å². The van der Waals surface area contributed by atoms with E-state index >= 15 is 0 Å². The molecule has 0 aliphatic carbocycles. The third-order valence-electron chi connectivity index (χ3n) is 2.46. The molecule has 0 atom stereocenters. The van der Waals surface area contributed by atoms with Gasteiger partial charge in [0.15, 0.2) is 5.69 Å². The normalized spacial score (nSPS) is 11.5. The summed E-state index contributed by atoms with van der Waals surface area (Å²) in [4.78, 5) is 14.6. The molecule has 1 aromatic carbocycles. The Bertz CT molecular complexity index is 670. The SMILES string of the molecule is CCOC(=O)c1sc(-c2ccccc2Cl)nc1C(F)(F)F. The zero-order valence-corrected chi connectivity index (χ0v) is 12.3. The summed E-state index contributed by atoms with van der Waals surface area (Å²) in [6.45, 7) is 1.50. The van der Waals surface area contributed by atoms with Crippen LogP contribution in [0.15, 0.2) is 24.3 Å². The molecule has 0 aliphatic rings. The lowest BCUT2D eigenvalue weighted by molar-refractivity contribution is -0.141. The van der Waals surface area contributed by atoms with Gasteiger partial charge in [0.25, 0.3) is 0 Å². The van der Waals surface area contributed by atoms with Gasteiger partial charge in [0, 0.05) is 5.56 Å². The Kier molecular flexibility index (Phi) is 4.53. The Labute approximate surface area is 127 Å². The zero-order valence-electron chi connectivity index (χ0n) is 10.7. The monoisotopic (exact) mass is 335 g/mol. The molecule has 21 heavy (non-hydrogen) atoms. The van der Waals surface area contributed by atoms with Gasteiger partial charge >= 0.3 is 12.1 Å². The van der Waals surface area contributed by atoms with Crippen molar-refractivity contribution in [1.29, 1.82) is 0 Å². The van der Waals surface area contributed by atoms with Crippen molar-refractivity contribution >= 4 is 28.9 Å². The predicted molar refractivity (Wildman–Crippen MR) is 73.5 cm³/mol. The van der Waals surface area contributed by atoms with E-state index in [-0.39, 0.29) is 16.6 Å². The highest BCUT2D eigenvalue weighted by Crippen LogP contribution is 2.39. The maximum absolute atomic E-state index is 13.0. The molecule has 8 heteroatoms. The molecule has 2 aromatic rings. The Hall–Kier alpha value is -1.60. The molecule has 0 saturated carbocycles. The Morgan fingerprint density at radius 3 is 2.62 bits per heavy atom. The lowest BCUT2D eigenvalue weighted by Gasteiger charge is -2.05. The van der Waals surface area contributed by atoms with E-state index < -0.39 is 22.7 Å². The fourth-order valence-electron chi connectivity index (χ4n) is 1.60. The number of nitrogens with zero attached hydrogens (tertiary/aromatic N) is 1. The molecule has 112 valence electrons. The summed E-state index contributed by atoms with van der Waals surface area (Å²) >= 11 is 6.56. The van der Waals surface area contributed by atoms with Crippen LogP contribution < -0.4 is 0 Å². The van der Waals surface area contributed by atoms with Crippen molar-refractivity contribution in [1.82, 2.24) is 4.98 Å². The quantitative estimate of drug-likeness (QED) is 0.766. The fraction of sp³-hybridized carbons (Fsp3) is 0.231. The summed E-state index contributed by atoms with van der Waals surface area (Å²) in [6, 6.07) is 6.35. The Morgan fingerprint density at radius 2 is 2.05 bits per heavy atom. The van der Waals surface area contributed by atoms with Gasteiger partial charge in [0.2, 0.25) is 0 Å². The minimum Gasteiger partial charge on any atom is -0.462 e.